The zero-order chi connectivity index (χ0) is 11.7. The van der Waals surface area contributed by atoms with E-state index in [0.717, 1.165) is 12.1 Å². The first-order valence-corrected chi connectivity index (χ1v) is 5.19. The molecule has 1 aromatic heterocycles. The molecule has 1 aliphatic rings. The number of ether oxygens (including phenoxy) is 1. The molecule has 0 saturated carbocycles. The second-order valence-electron chi connectivity index (χ2n) is 4.25. The highest BCUT2D eigenvalue weighted by Crippen LogP contribution is 2.28. The lowest BCUT2D eigenvalue weighted by Gasteiger charge is -2.16. The molecule has 0 unspecified atom stereocenters. The summed E-state index contributed by atoms with van der Waals surface area (Å²) in [5, 5.41) is 4.13. The molecular weight excluding hydrogens is 208 g/mol. The van der Waals surface area contributed by atoms with Crippen LogP contribution in [-0.2, 0) is 11.8 Å². The van der Waals surface area contributed by atoms with Crippen LogP contribution in [0.25, 0.3) is 0 Å². The Balaban J connectivity index is 2.15. The van der Waals surface area contributed by atoms with Crippen molar-refractivity contribution in [1.82, 2.24) is 14.7 Å². The molecule has 2 rings (SSSR count). The van der Waals surface area contributed by atoms with Crippen molar-refractivity contribution in [2.75, 3.05) is 20.1 Å². The summed E-state index contributed by atoms with van der Waals surface area (Å²) in [5.41, 5.74) is 6.14. The quantitative estimate of drug-likeness (QED) is 0.762. The van der Waals surface area contributed by atoms with Gasteiger partial charge in [0, 0.05) is 32.3 Å². The summed E-state index contributed by atoms with van der Waals surface area (Å²) in [6, 6.07) is 0. The highest BCUT2D eigenvalue weighted by atomic mass is 16.6. The van der Waals surface area contributed by atoms with Gasteiger partial charge in [-0.05, 0) is 12.6 Å². The molecule has 0 radical (unpaired) electrons. The number of primary amides is 1. The topological polar surface area (TPSA) is 73.4 Å². The lowest BCUT2D eigenvalue weighted by atomic mass is 9.99. The zero-order valence-electron chi connectivity index (χ0n) is 9.46. The Morgan fingerprint density at radius 2 is 2.31 bits per heavy atom. The normalized spacial score (nSPS) is 25.9. The van der Waals surface area contributed by atoms with E-state index in [0.29, 0.717) is 6.54 Å². The van der Waals surface area contributed by atoms with Gasteiger partial charge in [-0.15, -0.1) is 0 Å². The van der Waals surface area contributed by atoms with Crippen LogP contribution in [0.15, 0.2) is 12.4 Å². The van der Waals surface area contributed by atoms with E-state index in [4.69, 9.17) is 10.5 Å². The number of amides is 1. The minimum absolute atomic E-state index is 0.159. The van der Waals surface area contributed by atoms with Crippen LogP contribution in [0.1, 0.15) is 11.5 Å². The Hall–Kier alpha value is -1.56. The summed E-state index contributed by atoms with van der Waals surface area (Å²) in [6.07, 6.45) is 2.86. The summed E-state index contributed by atoms with van der Waals surface area (Å²) in [4.78, 5) is 12.9. The van der Waals surface area contributed by atoms with Crippen molar-refractivity contribution in [3.63, 3.8) is 0 Å². The van der Waals surface area contributed by atoms with Crippen LogP contribution in [0.3, 0.4) is 0 Å². The molecule has 0 bridgehead atoms. The largest absolute Gasteiger partial charge is 0.444 e. The van der Waals surface area contributed by atoms with Gasteiger partial charge in [-0.1, -0.05) is 0 Å². The van der Waals surface area contributed by atoms with Crippen LogP contribution >= 0.6 is 0 Å². The van der Waals surface area contributed by atoms with Crippen molar-refractivity contribution in [2.45, 2.75) is 12.0 Å². The van der Waals surface area contributed by atoms with E-state index in [-0.39, 0.29) is 12.0 Å². The average molecular weight is 224 g/mol. The third kappa shape index (κ3) is 2.16. The van der Waals surface area contributed by atoms with Gasteiger partial charge in [0.1, 0.15) is 6.10 Å². The third-order valence-corrected chi connectivity index (χ3v) is 2.87. The standard InChI is InChI=1S/C10H16N4O2/c1-13-5-8(7-3-12-14(2)4-7)9(6-13)16-10(11)15/h3-4,8-9H,5-6H2,1-2H3,(H2,11,15)/t8-,9+/m0/s1. The van der Waals surface area contributed by atoms with Crippen LogP contribution in [0, 0.1) is 0 Å². The second-order valence-corrected chi connectivity index (χ2v) is 4.25. The first kappa shape index (κ1) is 10.9. The molecule has 1 saturated heterocycles. The van der Waals surface area contributed by atoms with Crippen LogP contribution < -0.4 is 5.73 Å². The van der Waals surface area contributed by atoms with E-state index >= 15 is 0 Å². The summed E-state index contributed by atoms with van der Waals surface area (Å²) < 4.78 is 6.86. The van der Waals surface area contributed by atoms with Crippen LogP contribution in [0.4, 0.5) is 4.79 Å². The fraction of sp³-hybridized carbons (Fsp3) is 0.600. The van der Waals surface area contributed by atoms with E-state index in [9.17, 15) is 4.79 Å². The van der Waals surface area contributed by atoms with Gasteiger partial charge >= 0.3 is 6.09 Å². The molecule has 2 atom stereocenters. The Labute approximate surface area is 94.0 Å². The molecule has 1 amide bonds. The maximum absolute atomic E-state index is 10.8. The fourth-order valence-corrected chi connectivity index (χ4v) is 2.18. The molecule has 0 spiro atoms. The van der Waals surface area contributed by atoms with Crippen LogP contribution in [-0.4, -0.2) is 47.0 Å². The van der Waals surface area contributed by atoms with Crippen LogP contribution in [0.5, 0.6) is 0 Å². The van der Waals surface area contributed by atoms with Gasteiger partial charge < -0.3 is 15.4 Å². The summed E-state index contributed by atoms with van der Waals surface area (Å²) in [6.45, 7) is 1.56. The van der Waals surface area contributed by atoms with Crippen molar-refractivity contribution in [1.29, 1.82) is 0 Å². The second kappa shape index (κ2) is 4.13. The lowest BCUT2D eigenvalue weighted by Crippen LogP contribution is -2.28. The molecule has 1 aliphatic heterocycles. The molecule has 6 nitrogen and oxygen atoms in total. The first-order valence-electron chi connectivity index (χ1n) is 5.19. The SMILES string of the molecule is CN1C[C@@H](OC(N)=O)[C@H](c2cnn(C)c2)C1. The smallest absolute Gasteiger partial charge is 0.404 e. The predicted molar refractivity (Wildman–Crippen MR) is 57.9 cm³/mol. The number of likely N-dealkylation sites (N-methyl/N-ethyl adjacent to an activating group) is 1. The maximum Gasteiger partial charge on any atom is 0.404 e. The van der Waals surface area contributed by atoms with E-state index in [1.54, 1.807) is 10.9 Å². The van der Waals surface area contributed by atoms with Crippen LogP contribution in [0.2, 0.25) is 0 Å². The number of aromatic nitrogens is 2. The van der Waals surface area contributed by atoms with Gasteiger partial charge in [-0.2, -0.15) is 5.10 Å². The van der Waals surface area contributed by atoms with Crippen molar-refractivity contribution >= 4 is 6.09 Å². The van der Waals surface area contributed by atoms with Gasteiger partial charge in [-0.25, -0.2) is 4.79 Å². The molecule has 88 valence electrons. The third-order valence-electron chi connectivity index (χ3n) is 2.87. The fourth-order valence-electron chi connectivity index (χ4n) is 2.18. The van der Waals surface area contributed by atoms with E-state index in [2.05, 4.69) is 10.00 Å². The van der Waals surface area contributed by atoms with Gasteiger partial charge in [-0.3, -0.25) is 4.68 Å². The molecule has 6 heteroatoms. The monoisotopic (exact) mass is 224 g/mol. The molecule has 2 heterocycles. The molecule has 0 aliphatic carbocycles. The summed E-state index contributed by atoms with van der Waals surface area (Å²) in [7, 11) is 3.86. The Bertz CT molecular complexity index is 390. The minimum atomic E-state index is -0.714. The predicted octanol–water partition coefficient (Wildman–Crippen LogP) is -0.0870. The number of hydrogen-bond donors (Lipinski definition) is 1. The molecule has 16 heavy (non-hydrogen) atoms. The average Bonchev–Trinajstić information content (AvgIpc) is 2.72. The van der Waals surface area contributed by atoms with E-state index in [1.807, 2.05) is 20.3 Å². The first-order chi connectivity index (χ1) is 7.56. The number of aryl methyl sites for hydroxylation is 1. The number of nitrogens with two attached hydrogens (primary N) is 1. The van der Waals surface area contributed by atoms with Gasteiger partial charge in [0.2, 0.25) is 0 Å². The Morgan fingerprint density at radius 3 is 2.88 bits per heavy atom. The zero-order valence-corrected chi connectivity index (χ0v) is 9.46. The minimum Gasteiger partial charge on any atom is -0.444 e. The molecule has 1 fully saturated rings. The van der Waals surface area contributed by atoms with E-state index in [1.165, 1.54) is 0 Å². The van der Waals surface area contributed by atoms with Crippen molar-refractivity contribution in [3.05, 3.63) is 18.0 Å². The molecule has 1 aromatic rings. The molecule has 0 aromatic carbocycles. The number of carbonyl (C=O) groups is 1. The summed E-state index contributed by atoms with van der Waals surface area (Å²) in [5.74, 6) is 0.159. The highest BCUT2D eigenvalue weighted by Gasteiger charge is 2.35. The lowest BCUT2D eigenvalue weighted by molar-refractivity contribution is 0.104. The summed E-state index contributed by atoms with van der Waals surface area (Å²) >= 11 is 0. The molecular formula is C10H16N4O2. The Kier molecular flexibility index (Phi) is 2.82. The van der Waals surface area contributed by atoms with Gasteiger partial charge in [0.15, 0.2) is 0 Å². The number of hydrogen-bond acceptors (Lipinski definition) is 4. The van der Waals surface area contributed by atoms with Crippen molar-refractivity contribution < 1.29 is 9.53 Å². The van der Waals surface area contributed by atoms with Crippen molar-refractivity contribution in [2.24, 2.45) is 12.8 Å². The maximum atomic E-state index is 10.8. The Morgan fingerprint density at radius 1 is 1.56 bits per heavy atom. The number of carbonyl (C=O) groups excluding carboxylic acids is 1. The molecule has 2 N–H and O–H groups in total. The van der Waals surface area contributed by atoms with Gasteiger partial charge in [0.25, 0.3) is 0 Å². The van der Waals surface area contributed by atoms with E-state index < -0.39 is 6.09 Å². The highest BCUT2D eigenvalue weighted by molar-refractivity contribution is 5.65. The number of likely N-dealkylation sites (tertiary alicyclic amines) is 1. The van der Waals surface area contributed by atoms with Gasteiger partial charge in [0.05, 0.1) is 6.20 Å². The number of rotatable bonds is 2. The number of nitrogens with zero attached hydrogens (tertiary/aromatic N) is 3. The van der Waals surface area contributed by atoms with Crippen molar-refractivity contribution in [3.8, 4) is 0 Å².